The zero-order valence-corrected chi connectivity index (χ0v) is 14.1. The molecule has 1 saturated carbocycles. The van der Waals surface area contributed by atoms with Crippen LogP contribution in [0.1, 0.15) is 42.4 Å². The summed E-state index contributed by atoms with van der Waals surface area (Å²) in [4.78, 5) is 12.2. The largest absolute Gasteiger partial charge is 0.392 e. The SMILES string of the molecule is Cl.O=C(NCc1ccc2c(c1)CNC2)C1CCCCC1C(F)(F)F. The summed E-state index contributed by atoms with van der Waals surface area (Å²) >= 11 is 0. The molecular weight excluding hydrogens is 341 g/mol. The molecule has 0 bridgehead atoms. The van der Waals surface area contributed by atoms with E-state index >= 15 is 0 Å². The van der Waals surface area contributed by atoms with Crippen molar-refractivity contribution in [1.82, 2.24) is 10.6 Å². The highest BCUT2D eigenvalue weighted by Gasteiger charge is 2.47. The normalized spacial score (nSPS) is 23.3. The molecule has 0 radical (unpaired) electrons. The van der Waals surface area contributed by atoms with Gasteiger partial charge in [-0.3, -0.25) is 4.79 Å². The second kappa shape index (κ2) is 7.74. The highest BCUT2D eigenvalue weighted by molar-refractivity contribution is 5.85. The van der Waals surface area contributed by atoms with Gasteiger partial charge in [-0.15, -0.1) is 12.4 Å². The van der Waals surface area contributed by atoms with Crippen molar-refractivity contribution in [2.45, 2.75) is 51.5 Å². The maximum Gasteiger partial charge on any atom is 0.392 e. The predicted molar refractivity (Wildman–Crippen MR) is 87.6 cm³/mol. The molecule has 134 valence electrons. The molecule has 2 unspecified atom stereocenters. The van der Waals surface area contributed by atoms with Crippen molar-refractivity contribution < 1.29 is 18.0 Å². The first-order chi connectivity index (χ1) is 10.9. The summed E-state index contributed by atoms with van der Waals surface area (Å²) in [7, 11) is 0. The number of nitrogens with one attached hydrogen (secondary N) is 2. The lowest BCUT2D eigenvalue weighted by atomic mass is 9.78. The fourth-order valence-electron chi connectivity index (χ4n) is 3.61. The number of alkyl halides is 3. The number of halogens is 4. The standard InChI is InChI=1S/C17H21F3N2O.ClH/c18-17(19,20)15-4-2-1-3-14(15)16(23)22-8-11-5-6-12-9-21-10-13(12)7-11;/h5-7,14-15,21H,1-4,8-10H2,(H,22,23);1H. The lowest BCUT2D eigenvalue weighted by Crippen LogP contribution is -2.42. The van der Waals surface area contributed by atoms with Crippen LogP contribution in [0.5, 0.6) is 0 Å². The maximum absolute atomic E-state index is 13.1. The molecule has 2 atom stereocenters. The zero-order valence-electron chi connectivity index (χ0n) is 13.3. The molecule has 1 aromatic rings. The quantitative estimate of drug-likeness (QED) is 0.861. The molecule has 0 aromatic heterocycles. The van der Waals surface area contributed by atoms with Gasteiger partial charge in [-0.2, -0.15) is 13.2 Å². The van der Waals surface area contributed by atoms with Gasteiger partial charge in [0, 0.05) is 25.6 Å². The molecular formula is C17H22ClF3N2O. The molecule has 1 aliphatic carbocycles. The summed E-state index contributed by atoms with van der Waals surface area (Å²) < 4.78 is 39.2. The van der Waals surface area contributed by atoms with Crippen molar-refractivity contribution >= 4 is 18.3 Å². The second-order valence-corrected chi connectivity index (χ2v) is 6.46. The van der Waals surface area contributed by atoms with Gasteiger partial charge in [-0.1, -0.05) is 31.0 Å². The van der Waals surface area contributed by atoms with Gasteiger partial charge in [0.2, 0.25) is 5.91 Å². The van der Waals surface area contributed by atoms with Crippen molar-refractivity contribution in [3.63, 3.8) is 0 Å². The van der Waals surface area contributed by atoms with E-state index < -0.39 is 23.9 Å². The summed E-state index contributed by atoms with van der Waals surface area (Å²) in [6, 6.07) is 5.95. The van der Waals surface area contributed by atoms with Gasteiger partial charge in [0.1, 0.15) is 0 Å². The first kappa shape index (κ1) is 19.1. The molecule has 7 heteroatoms. The van der Waals surface area contributed by atoms with Crippen LogP contribution in [-0.4, -0.2) is 12.1 Å². The Balaban J connectivity index is 0.00000208. The summed E-state index contributed by atoms with van der Waals surface area (Å²) in [5, 5.41) is 5.94. The number of carbonyl (C=O) groups excluding carboxylic acids is 1. The van der Waals surface area contributed by atoms with E-state index in [1.807, 2.05) is 18.2 Å². The first-order valence-corrected chi connectivity index (χ1v) is 8.11. The van der Waals surface area contributed by atoms with E-state index in [1.165, 1.54) is 11.1 Å². The van der Waals surface area contributed by atoms with Crippen LogP contribution in [0.3, 0.4) is 0 Å². The molecule has 0 spiro atoms. The van der Waals surface area contributed by atoms with Crippen LogP contribution in [-0.2, 0) is 24.4 Å². The van der Waals surface area contributed by atoms with Crippen LogP contribution in [0.25, 0.3) is 0 Å². The molecule has 3 rings (SSSR count). The Hall–Kier alpha value is -1.27. The second-order valence-electron chi connectivity index (χ2n) is 6.46. The van der Waals surface area contributed by atoms with Crippen LogP contribution in [0, 0.1) is 11.8 Å². The van der Waals surface area contributed by atoms with Crippen molar-refractivity contribution in [3.8, 4) is 0 Å². The molecule has 24 heavy (non-hydrogen) atoms. The van der Waals surface area contributed by atoms with Gasteiger partial charge in [0.25, 0.3) is 0 Å². The van der Waals surface area contributed by atoms with Gasteiger partial charge < -0.3 is 10.6 Å². The number of rotatable bonds is 3. The van der Waals surface area contributed by atoms with Crippen LogP contribution >= 0.6 is 12.4 Å². The number of hydrogen-bond acceptors (Lipinski definition) is 2. The summed E-state index contributed by atoms with van der Waals surface area (Å²) in [6.07, 6.45) is -2.67. The smallest absolute Gasteiger partial charge is 0.352 e. The monoisotopic (exact) mass is 362 g/mol. The summed E-state index contributed by atoms with van der Waals surface area (Å²) in [5.74, 6) is -2.91. The Morgan fingerprint density at radius 2 is 1.88 bits per heavy atom. The maximum atomic E-state index is 13.1. The molecule has 1 amide bonds. The molecule has 2 N–H and O–H groups in total. The van der Waals surface area contributed by atoms with Gasteiger partial charge in [0.15, 0.2) is 0 Å². The van der Waals surface area contributed by atoms with Crippen LogP contribution in [0.2, 0.25) is 0 Å². The fraction of sp³-hybridized carbons (Fsp3) is 0.588. The minimum absolute atomic E-state index is 0. The number of amides is 1. The Labute approximate surface area is 145 Å². The molecule has 1 aliphatic heterocycles. The van der Waals surface area contributed by atoms with E-state index in [0.29, 0.717) is 19.3 Å². The van der Waals surface area contributed by atoms with E-state index in [0.717, 1.165) is 18.7 Å². The molecule has 3 nitrogen and oxygen atoms in total. The predicted octanol–water partition coefficient (Wildman–Crippen LogP) is 3.70. The molecule has 0 saturated heterocycles. The number of carbonyl (C=O) groups is 1. The Bertz CT molecular complexity index is 592. The number of benzene rings is 1. The Kier molecular flexibility index (Phi) is 6.15. The molecule has 1 fully saturated rings. The van der Waals surface area contributed by atoms with E-state index in [1.54, 1.807) is 0 Å². The van der Waals surface area contributed by atoms with Crippen molar-refractivity contribution in [2.24, 2.45) is 11.8 Å². The highest BCUT2D eigenvalue weighted by Crippen LogP contribution is 2.41. The third-order valence-corrected chi connectivity index (χ3v) is 4.89. The number of hydrogen-bond donors (Lipinski definition) is 2. The summed E-state index contributed by atoms with van der Waals surface area (Å²) in [5.41, 5.74) is 3.37. The zero-order chi connectivity index (χ0) is 16.4. The topological polar surface area (TPSA) is 41.1 Å². The van der Waals surface area contributed by atoms with E-state index in [4.69, 9.17) is 0 Å². The van der Waals surface area contributed by atoms with Crippen LogP contribution < -0.4 is 10.6 Å². The third-order valence-electron chi connectivity index (χ3n) is 4.89. The summed E-state index contributed by atoms with van der Waals surface area (Å²) in [6.45, 7) is 1.93. The van der Waals surface area contributed by atoms with E-state index in [9.17, 15) is 18.0 Å². The molecule has 1 aromatic carbocycles. The fourth-order valence-corrected chi connectivity index (χ4v) is 3.61. The van der Waals surface area contributed by atoms with Gasteiger partial charge in [0.05, 0.1) is 5.92 Å². The average molecular weight is 363 g/mol. The lowest BCUT2D eigenvalue weighted by Gasteiger charge is -2.32. The molecule has 2 aliphatic rings. The van der Waals surface area contributed by atoms with E-state index in [2.05, 4.69) is 10.6 Å². The third kappa shape index (κ3) is 4.22. The van der Waals surface area contributed by atoms with Gasteiger partial charge in [-0.25, -0.2) is 0 Å². The van der Waals surface area contributed by atoms with Gasteiger partial charge >= 0.3 is 6.18 Å². The lowest BCUT2D eigenvalue weighted by molar-refractivity contribution is -0.198. The Morgan fingerprint density at radius 1 is 1.17 bits per heavy atom. The van der Waals surface area contributed by atoms with Gasteiger partial charge in [-0.05, 0) is 29.5 Å². The van der Waals surface area contributed by atoms with Crippen LogP contribution in [0.15, 0.2) is 18.2 Å². The minimum Gasteiger partial charge on any atom is -0.352 e. The minimum atomic E-state index is -4.29. The van der Waals surface area contributed by atoms with Crippen LogP contribution in [0.4, 0.5) is 13.2 Å². The molecule has 1 heterocycles. The van der Waals surface area contributed by atoms with E-state index in [-0.39, 0.29) is 25.4 Å². The van der Waals surface area contributed by atoms with Crippen molar-refractivity contribution in [2.75, 3.05) is 0 Å². The Morgan fingerprint density at radius 3 is 2.62 bits per heavy atom. The average Bonchev–Trinajstić information content (AvgIpc) is 2.99. The first-order valence-electron chi connectivity index (χ1n) is 8.11. The number of fused-ring (bicyclic) bond motifs is 1. The van der Waals surface area contributed by atoms with Crippen molar-refractivity contribution in [3.05, 3.63) is 34.9 Å². The highest BCUT2D eigenvalue weighted by atomic mass is 35.5. The van der Waals surface area contributed by atoms with Crippen molar-refractivity contribution in [1.29, 1.82) is 0 Å².